The zero-order valence-electron chi connectivity index (χ0n) is 16.9. The van der Waals surface area contributed by atoms with Crippen molar-refractivity contribution in [3.05, 3.63) is 54.1 Å². The first-order chi connectivity index (χ1) is 14.5. The average Bonchev–Trinajstić information content (AvgIpc) is 3.06. The highest BCUT2D eigenvalue weighted by molar-refractivity contribution is 8.00. The molecule has 2 heterocycles. The van der Waals surface area contributed by atoms with E-state index >= 15 is 0 Å². The minimum Gasteiger partial charge on any atom is -0.325 e. The number of hydrogen-bond acceptors (Lipinski definition) is 6. The van der Waals surface area contributed by atoms with Crippen molar-refractivity contribution in [2.24, 2.45) is 0 Å². The van der Waals surface area contributed by atoms with Gasteiger partial charge in [0.15, 0.2) is 11.4 Å². The first-order valence-corrected chi connectivity index (χ1v) is 10.6. The smallest absolute Gasteiger partial charge is 0.237 e. The van der Waals surface area contributed by atoms with Gasteiger partial charge in [0, 0.05) is 23.2 Å². The number of ketones is 1. The Morgan fingerprint density at radius 2 is 1.93 bits per heavy atom. The summed E-state index contributed by atoms with van der Waals surface area (Å²) in [7, 11) is 0. The van der Waals surface area contributed by atoms with Crippen molar-refractivity contribution >= 4 is 51.2 Å². The molecule has 0 radical (unpaired) electrons. The van der Waals surface area contributed by atoms with Crippen LogP contribution in [-0.4, -0.2) is 36.7 Å². The lowest BCUT2D eigenvalue weighted by atomic mass is 10.1. The molecule has 2 aromatic carbocycles. The van der Waals surface area contributed by atoms with Gasteiger partial charge in [0.25, 0.3) is 0 Å². The number of para-hydroxylation sites is 1. The molecule has 0 saturated carbocycles. The molecule has 1 atom stereocenters. The predicted octanol–water partition coefficient (Wildman–Crippen LogP) is 4.32. The van der Waals surface area contributed by atoms with Crippen LogP contribution in [0.2, 0.25) is 0 Å². The van der Waals surface area contributed by atoms with Crippen molar-refractivity contribution in [2.75, 3.05) is 5.32 Å². The molecule has 0 aliphatic rings. The number of aromatic nitrogens is 4. The zero-order valence-corrected chi connectivity index (χ0v) is 17.7. The van der Waals surface area contributed by atoms with E-state index < -0.39 is 5.25 Å². The first-order valence-electron chi connectivity index (χ1n) is 9.68. The van der Waals surface area contributed by atoms with Gasteiger partial charge in [-0.1, -0.05) is 42.1 Å². The Balaban J connectivity index is 1.56. The van der Waals surface area contributed by atoms with Crippen LogP contribution in [0, 0.1) is 0 Å². The van der Waals surface area contributed by atoms with E-state index in [0.29, 0.717) is 16.4 Å². The second-order valence-electron chi connectivity index (χ2n) is 6.91. The molecule has 0 fully saturated rings. The summed E-state index contributed by atoms with van der Waals surface area (Å²) in [4.78, 5) is 28.8. The highest BCUT2D eigenvalue weighted by Crippen LogP contribution is 2.28. The van der Waals surface area contributed by atoms with Crippen molar-refractivity contribution in [2.45, 2.75) is 37.7 Å². The monoisotopic (exact) mass is 419 g/mol. The number of aryl methyl sites for hydroxylation is 1. The van der Waals surface area contributed by atoms with Crippen LogP contribution in [0.15, 0.2) is 53.7 Å². The summed E-state index contributed by atoms with van der Waals surface area (Å²) in [6.07, 6.45) is 0. The maximum absolute atomic E-state index is 12.6. The minimum absolute atomic E-state index is 0.0485. The first kappa shape index (κ1) is 20.0. The van der Waals surface area contributed by atoms with Gasteiger partial charge in [0.05, 0.1) is 10.8 Å². The molecule has 0 spiro atoms. The standard InChI is InChI=1S/C22H21N5O2S/c1-4-27-18-11-6-5-10-17(18)19-20(27)24-22(26-25-19)30-14(3)21(29)23-16-9-7-8-15(12-16)13(2)28/h5-12,14H,4H2,1-3H3,(H,23,29)/t14-/m1/s1. The van der Waals surface area contributed by atoms with Crippen LogP contribution in [-0.2, 0) is 11.3 Å². The van der Waals surface area contributed by atoms with E-state index in [1.54, 1.807) is 31.2 Å². The lowest BCUT2D eigenvalue weighted by Gasteiger charge is -2.11. The normalized spacial score (nSPS) is 12.2. The summed E-state index contributed by atoms with van der Waals surface area (Å²) in [5, 5.41) is 12.5. The Labute approximate surface area is 177 Å². The van der Waals surface area contributed by atoms with Gasteiger partial charge in [-0.05, 0) is 39.0 Å². The van der Waals surface area contributed by atoms with Crippen LogP contribution in [0.1, 0.15) is 31.1 Å². The Morgan fingerprint density at radius 1 is 1.13 bits per heavy atom. The molecule has 1 amide bonds. The van der Waals surface area contributed by atoms with Crippen LogP contribution in [0.5, 0.6) is 0 Å². The molecular formula is C22H21N5O2S. The second kappa shape index (κ2) is 8.23. The largest absolute Gasteiger partial charge is 0.325 e. The molecule has 2 aromatic heterocycles. The maximum atomic E-state index is 12.6. The summed E-state index contributed by atoms with van der Waals surface area (Å²) < 4.78 is 2.10. The third-order valence-corrected chi connectivity index (χ3v) is 5.81. The highest BCUT2D eigenvalue weighted by Gasteiger charge is 2.19. The Hall–Kier alpha value is -3.26. The quantitative estimate of drug-likeness (QED) is 0.370. The molecule has 4 rings (SSSR count). The SMILES string of the molecule is CCn1c2ccccc2c2nnc(S[C@H](C)C(=O)Nc3cccc(C(C)=O)c3)nc21. The molecule has 152 valence electrons. The number of carbonyl (C=O) groups excluding carboxylic acids is 2. The van der Waals surface area contributed by atoms with E-state index in [9.17, 15) is 9.59 Å². The van der Waals surface area contributed by atoms with E-state index in [0.717, 1.165) is 28.6 Å². The topological polar surface area (TPSA) is 89.8 Å². The Morgan fingerprint density at radius 3 is 2.70 bits per heavy atom. The summed E-state index contributed by atoms with van der Waals surface area (Å²) in [6.45, 7) is 6.11. The molecule has 30 heavy (non-hydrogen) atoms. The van der Waals surface area contributed by atoms with Crippen LogP contribution < -0.4 is 5.32 Å². The van der Waals surface area contributed by atoms with Crippen molar-refractivity contribution in [3.8, 4) is 0 Å². The fourth-order valence-corrected chi connectivity index (χ4v) is 4.04. The van der Waals surface area contributed by atoms with Gasteiger partial charge in [-0.3, -0.25) is 9.59 Å². The molecule has 4 aromatic rings. The number of Topliss-reactive ketones (excluding diaryl/α,β-unsaturated/α-hetero) is 1. The maximum Gasteiger partial charge on any atom is 0.237 e. The molecular weight excluding hydrogens is 398 g/mol. The van der Waals surface area contributed by atoms with Crippen molar-refractivity contribution in [1.82, 2.24) is 19.7 Å². The fraction of sp³-hybridized carbons (Fsp3) is 0.227. The van der Waals surface area contributed by atoms with Crippen molar-refractivity contribution in [3.63, 3.8) is 0 Å². The Bertz CT molecular complexity index is 1270. The number of carbonyl (C=O) groups is 2. The lowest BCUT2D eigenvalue weighted by molar-refractivity contribution is -0.115. The van der Waals surface area contributed by atoms with Gasteiger partial charge in [0.1, 0.15) is 5.52 Å². The number of fused-ring (bicyclic) bond motifs is 3. The summed E-state index contributed by atoms with van der Waals surface area (Å²) in [5.41, 5.74) is 3.72. The van der Waals surface area contributed by atoms with Gasteiger partial charge < -0.3 is 9.88 Å². The molecule has 0 aliphatic heterocycles. The molecule has 1 N–H and O–H groups in total. The van der Waals surface area contributed by atoms with Crippen LogP contribution >= 0.6 is 11.8 Å². The summed E-state index contributed by atoms with van der Waals surface area (Å²) in [6, 6.07) is 14.9. The van der Waals surface area contributed by atoms with Crippen molar-refractivity contribution in [1.29, 1.82) is 0 Å². The number of anilines is 1. The Kier molecular flexibility index (Phi) is 5.50. The number of rotatable bonds is 6. The third-order valence-electron chi connectivity index (χ3n) is 4.86. The number of nitrogens with zero attached hydrogens (tertiary/aromatic N) is 4. The van der Waals surface area contributed by atoms with E-state index in [2.05, 4.69) is 32.0 Å². The molecule has 7 nitrogen and oxygen atoms in total. The minimum atomic E-state index is -0.440. The molecule has 0 saturated heterocycles. The number of benzene rings is 2. The number of nitrogens with one attached hydrogen (secondary N) is 1. The zero-order chi connectivity index (χ0) is 21.3. The van der Waals surface area contributed by atoms with Crippen LogP contribution in [0.3, 0.4) is 0 Å². The number of thioether (sulfide) groups is 1. The molecule has 8 heteroatoms. The number of hydrogen-bond donors (Lipinski definition) is 1. The molecule has 0 aliphatic carbocycles. The highest BCUT2D eigenvalue weighted by atomic mass is 32.2. The van der Waals surface area contributed by atoms with Crippen molar-refractivity contribution < 1.29 is 9.59 Å². The van der Waals surface area contributed by atoms with E-state index in [4.69, 9.17) is 0 Å². The van der Waals surface area contributed by atoms with Gasteiger partial charge in [-0.2, -0.15) is 0 Å². The summed E-state index contributed by atoms with van der Waals surface area (Å²) in [5.74, 6) is -0.243. The van der Waals surface area contributed by atoms with E-state index in [1.807, 2.05) is 24.3 Å². The van der Waals surface area contributed by atoms with Crippen LogP contribution in [0.4, 0.5) is 5.69 Å². The molecule has 0 unspecified atom stereocenters. The van der Waals surface area contributed by atoms with Crippen LogP contribution in [0.25, 0.3) is 22.1 Å². The second-order valence-corrected chi connectivity index (χ2v) is 8.22. The number of amides is 1. The van der Waals surface area contributed by atoms with Gasteiger partial charge in [0.2, 0.25) is 11.1 Å². The van der Waals surface area contributed by atoms with Gasteiger partial charge >= 0.3 is 0 Å². The predicted molar refractivity (Wildman–Crippen MR) is 119 cm³/mol. The van der Waals surface area contributed by atoms with E-state index in [1.165, 1.54) is 18.7 Å². The summed E-state index contributed by atoms with van der Waals surface area (Å²) >= 11 is 1.25. The van der Waals surface area contributed by atoms with Gasteiger partial charge in [-0.15, -0.1) is 10.2 Å². The fourth-order valence-electron chi connectivity index (χ4n) is 3.33. The van der Waals surface area contributed by atoms with Gasteiger partial charge in [-0.25, -0.2) is 4.98 Å². The third kappa shape index (κ3) is 3.78. The average molecular weight is 420 g/mol. The molecule has 0 bridgehead atoms. The van der Waals surface area contributed by atoms with E-state index in [-0.39, 0.29) is 11.7 Å². The lowest BCUT2D eigenvalue weighted by Crippen LogP contribution is -2.22.